The van der Waals surface area contributed by atoms with Crippen LogP contribution in [0.5, 0.6) is 5.75 Å². The number of imidazole rings is 1. The van der Waals surface area contributed by atoms with Crippen molar-refractivity contribution in [2.24, 2.45) is 0 Å². The number of halogens is 3. The van der Waals surface area contributed by atoms with Gasteiger partial charge in [0.15, 0.2) is 0 Å². The van der Waals surface area contributed by atoms with Crippen LogP contribution in [0, 0.1) is 0 Å². The third-order valence-corrected chi connectivity index (χ3v) is 3.66. The molecule has 3 rings (SSSR count). The van der Waals surface area contributed by atoms with Crippen LogP contribution < -0.4 is 10.1 Å². The van der Waals surface area contributed by atoms with Gasteiger partial charge in [0.1, 0.15) is 11.6 Å². The summed E-state index contributed by atoms with van der Waals surface area (Å²) in [5.41, 5.74) is 0.116. The van der Waals surface area contributed by atoms with E-state index in [1.165, 1.54) is 12.1 Å². The lowest BCUT2D eigenvalue weighted by atomic mass is 10.2. The largest absolute Gasteiger partial charge is 0.573 e. The first-order valence-corrected chi connectivity index (χ1v) is 7.57. The minimum Gasteiger partial charge on any atom is -0.406 e. The van der Waals surface area contributed by atoms with Crippen molar-refractivity contribution < 1.29 is 22.7 Å². The van der Waals surface area contributed by atoms with Gasteiger partial charge in [-0.15, -0.1) is 13.2 Å². The van der Waals surface area contributed by atoms with Gasteiger partial charge in [-0.1, -0.05) is 6.07 Å². The number of hydrogen-bond acceptors (Lipinski definition) is 3. The SMILES string of the molecule is O=C(NCCn1ccnc1C1CC1)c1cccc(OC(F)(F)F)c1. The van der Waals surface area contributed by atoms with Crippen LogP contribution in [0.15, 0.2) is 36.7 Å². The van der Waals surface area contributed by atoms with Crippen LogP contribution in [-0.4, -0.2) is 28.4 Å². The summed E-state index contributed by atoms with van der Waals surface area (Å²) in [7, 11) is 0. The first kappa shape index (κ1) is 16.4. The lowest BCUT2D eigenvalue weighted by Gasteiger charge is -2.11. The molecule has 128 valence electrons. The summed E-state index contributed by atoms with van der Waals surface area (Å²) in [4.78, 5) is 16.4. The average Bonchev–Trinajstić information content (AvgIpc) is 3.25. The lowest BCUT2D eigenvalue weighted by Crippen LogP contribution is -2.27. The van der Waals surface area contributed by atoms with Gasteiger partial charge in [-0.3, -0.25) is 4.79 Å². The van der Waals surface area contributed by atoms with Gasteiger partial charge in [-0.2, -0.15) is 0 Å². The van der Waals surface area contributed by atoms with Crippen molar-refractivity contribution in [2.45, 2.75) is 31.7 Å². The van der Waals surface area contributed by atoms with Gasteiger partial charge >= 0.3 is 6.36 Å². The highest BCUT2D eigenvalue weighted by Crippen LogP contribution is 2.38. The summed E-state index contributed by atoms with van der Waals surface area (Å²) in [5.74, 6) is 0.660. The first-order chi connectivity index (χ1) is 11.4. The number of nitrogens with one attached hydrogen (secondary N) is 1. The predicted octanol–water partition coefficient (Wildman–Crippen LogP) is 3.09. The molecular weight excluding hydrogens is 323 g/mol. The van der Waals surface area contributed by atoms with Crippen molar-refractivity contribution in [3.63, 3.8) is 0 Å². The van der Waals surface area contributed by atoms with Crippen molar-refractivity contribution in [3.8, 4) is 5.75 Å². The molecule has 1 aliphatic rings. The second-order valence-electron chi connectivity index (χ2n) is 5.58. The average molecular weight is 339 g/mol. The molecule has 0 atom stereocenters. The molecule has 1 N–H and O–H groups in total. The number of alkyl halides is 3. The van der Waals surface area contributed by atoms with Crippen molar-refractivity contribution in [2.75, 3.05) is 6.54 Å². The number of nitrogens with zero attached hydrogens (tertiary/aromatic N) is 2. The number of amides is 1. The molecule has 8 heteroatoms. The third-order valence-electron chi connectivity index (χ3n) is 3.66. The molecule has 1 aliphatic carbocycles. The van der Waals surface area contributed by atoms with Gasteiger partial charge in [0, 0.05) is 37.0 Å². The van der Waals surface area contributed by atoms with Crippen LogP contribution in [-0.2, 0) is 6.54 Å². The standard InChI is InChI=1S/C16H16F3N3O2/c17-16(18,19)24-13-3-1-2-12(10-13)15(23)21-7-9-22-8-6-20-14(22)11-4-5-11/h1-3,6,8,10-11H,4-5,7,9H2,(H,21,23). The summed E-state index contributed by atoms with van der Waals surface area (Å²) in [6.07, 6.45) is 1.07. The number of hydrogen-bond donors (Lipinski definition) is 1. The van der Waals surface area contributed by atoms with Crippen molar-refractivity contribution in [1.29, 1.82) is 0 Å². The van der Waals surface area contributed by atoms with E-state index < -0.39 is 18.0 Å². The molecule has 5 nitrogen and oxygen atoms in total. The van der Waals surface area contributed by atoms with E-state index >= 15 is 0 Å². The van der Waals surface area contributed by atoms with E-state index in [-0.39, 0.29) is 5.56 Å². The Bertz CT molecular complexity index is 723. The maximum atomic E-state index is 12.2. The molecule has 1 fully saturated rings. The van der Waals surface area contributed by atoms with E-state index in [2.05, 4.69) is 15.0 Å². The molecule has 0 aliphatic heterocycles. The van der Waals surface area contributed by atoms with Crippen LogP contribution in [0.3, 0.4) is 0 Å². The Balaban J connectivity index is 1.55. The molecule has 0 saturated heterocycles. The molecule has 1 aromatic heterocycles. The van der Waals surface area contributed by atoms with Crippen molar-refractivity contribution in [3.05, 3.63) is 48.0 Å². The molecule has 1 amide bonds. The second kappa shape index (κ2) is 6.54. The van der Waals surface area contributed by atoms with Gasteiger partial charge in [0.05, 0.1) is 0 Å². The molecule has 2 aromatic rings. The number of ether oxygens (including phenoxy) is 1. The van der Waals surface area contributed by atoms with Crippen molar-refractivity contribution in [1.82, 2.24) is 14.9 Å². The highest BCUT2D eigenvalue weighted by Gasteiger charge is 2.31. The Kier molecular flexibility index (Phi) is 4.46. The predicted molar refractivity (Wildman–Crippen MR) is 79.7 cm³/mol. The Morgan fingerprint density at radius 1 is 1.38 bits per heavy atom. The number of carbonyl (C=O) groups is 1. The third kappa shape index (κ3) is 4.27. The first-order valence-electron chi connectivity index (χ1n) is 7.57. The monoisotopic (exact) mass is 339 g/mol. The maximum Gasteiger partial charge on any atom is 0.573 e. The van der Waals surface area contributed by atoms with E-state index in [0.29, 0.717) is 19.0 Å². The minimum absolute atomic E-state index is 0.116. The molecule has 1 saturated carbocycles. The Labute approximate surface area is 136 Å². The van der Waals surface area contributed by atoms with Gasteiger partial charge in [-0.25, -0.2) is 4.98 Å². The van der Waals surface area contributed by atoms with Crippen LogP contribution >= 0.6 is 0 Å². The number of aromatic nitrogens is 2. The fourth-order valence-corrected chi connectivity index (χ4v) is 2.44. The Morgan fingerprint density at radius 2 is 2.17 bits per heavy atom. The summed E-state index contributed by atoms with van der Waals surface area (Å²) in [6.45, 7) is 0.926. The second-order valence-corrected chi connectivity index (χ2v) is 5.58. The molecule has 1 heterocycles. The van der Waals surface area contributed by atoms with Gasteiger partial charge in [0.2, 0.25) is 0 Å². The number of carbonyl (C=O) groups excluding carboxylic acids is 1. The summed E-state index contributed by atoms with van der Waals surface area (Å²) in [6, 6.07) is 5.00. The van der Waals surface area contributed by atoms with E-state index in [0.717, 1.165) is 30.8 Å². The minimum atomic E-state index is -4.78. The van der Waals surface area contributed by atoms with E-state index in [1.54, 1.807) is 6.20 Å². The maximum absolute atomic E-state index is 12.2. The fourth-order valence-electron chi connectivity index (χ4n) is 2.44. The number of rotatable bonds is 6. The molecule has 24 heavy (non-hydrogen) atoms. The van der Waals surface area contributed by atoms with Crippen LogP contribution in [0.25, 0.3) is 0 Å². The molecule has 0 spiro atoms. The Morgan fingerprint density at radius 3 is 2.88 bits per heavy atom. The highest BCUT2D eigenvalue weighted by molar-refractivity contribution is 5.94. The molecule has 0 radical (unpaired) electrons. The summed E-state index contributed by atoms with van der Waals surface area (Å²) in [5, 5.41) is 2.69. The highest BCUT2D eigenvalue weighted by atomic mass is 19.4. The zero-order valence-electron chi connectivity index (χ0n) is 12.7. The van der Waals surface area contributed by atoms with Gasteiger partial charge < -0.3 is 14.6 Å². The quantitative estimate of drug-likeness (QED) is 0.880. The van der Waals surface area contributed by atoms with E-state index in [1.807, 2.05) is 10.8 Å². The van der Waals surface area contributed by atoms with Crippen molar-refractivity contribution >= 4 is 5.91 Å². The summed E-state index contributed by atoms with van der Waals surface area (Å²) >= 11 is 0. The Hall–Kier alpha value is -2.51. The molecule has 0 unspecified atom stereocenters. The lowest BCUT2D eigenvalue weighted by molar-refractivity contribution is -0.274. The van der Waals surface area contributed by atoms with E-state index in [9.17, 15) is 18.0 Å². The molecule has 0 bridgehead atoms. The zero-order chi connectivity index (χ0) is 17.2. The van der Waals surface area contributed by atoms with Crippen LogP contribution in [0.1, 0.15) is 34.9 Å². The van der Waals surface area contributed by atoms with Gasteiger partial charge in [0.25, 0.3) is 5.91 Å². The fraction of sp³-hybridized carbons (Fsp3) is 0.375. The molecule has 1 aromatic carbocycles. The van der Waals surface area contributed by atoms with Gasteiger partial charge in [-0.05, 0) is 31.0 Å². The van der Waals surface area contributed by atoms with E-state index in [4.69, 9.17) is 0 Å². The zero-order valence-corrected chi connectivity index (χ0v) is 12.7. The smallest absolute Gasteiger partial charge is 0.406 e. The van der Waals surface area contributed by atoms with Crippen LogP contribution in [0.4, 0.5) is 13.2 Å². The molecular formula is C16H16F3N3O2. The summed E-state index contributed by atoms with van der Waals surface area (Å²) < 4.78 is 42.4. The van der Waals surface area contributed by atoms with Crippen LogP contribution in [0.2, 0.25) is 0 Å². The number of benzene rings is 1. The topological polar surface area (TPSA) is 56.2 Å². The normalized spacial score (nSPS) is 14.5.